The Morgan fingerprint density at radius 2 is 2.31 bits per heavy atom. The van der Waals surface area contributed by atoms with Crippen molar-refractivity contribution in [2.24, 2.45) is 7.05 Å². The molecule has 0 atom stereocenters. The summed E-state index contributed by atoms with van der Waals surface area (Å²) in [5.41, 5.74) is 1.14. The fraction of sp³-hybridized carbons (Fsp3) is 0.111. The van der Waals surface area contributed by atoms with Gasteiger partial charge in [0.15, 0.2) is 0 Å². The van der Waals surface area contributed by atoms with E-state index >= 15 is 0 Å². The van der Waals surface area contributed by atoms with Crippen molar-refractivity contribution in [1.82, 2.24) is 9.78 Å². The normalized spacial score (nSPS) is 10.6. The Bertz CT molecular complexity index is 476. The molecule has 2 rings (SSSR count). The minimum atomic E-state index is -0.541. The summed E-state index contributed by atoms with van der Waals surface area (Å²) in [5.74, 6) is -0.541. The molecular weight excluding hydrogens is 171 g/mol. The molecule has 1 aromatic heterocycles. The number of halogens is 1. The van der Waals surface area contributed by atoms with Crippen LogP contribution in [-0.4, -0.2) is 16.1 Å². The van der Waals surface area contributed by atoms with Crippen molar-refractivity contribution < 1.29 is 9.18 Å². The number of fused-ring (bicyclic) bond motifs is 1. The van der Waals surface area contributed by atoms with E-state index in [-0.39, 0.29) is 0 Å². The van der Waals surface area contributed by atoms with Gasteiger partial charge in [-0.25, -0.2) is 0 Å². The number of carbonyl (C=O) groups excluding carboxylic acids is 1. The van der Waals surface area contributed by atoms with Crippen molar-refractivity contribution in [3.05, 3.63) is 29.7 Å². The average molecular weight is 178 g/mol. The Balaban J connectivity index is 2.83. The third-order valence-corrected chi connectivity index (χ3v) is 1.97. The average Bonchev–Trinajstić information content (AvgIpc) is 2.42. The summed E-state index contributed by atoms with van der Waals surface area (Å²) in [5, 5.41) is 3.98. The molecule has 1 heterocycles. The quantitative estimate of drug-likeness (QED) is 0.620. The lowest BCUT2D eigenvalue weighted by atomic mass is 10.2. The van der Waals surface area contributed by atoms with Crippen LogP contribution in [0, 0.1) is 5.95 Å². The molecule has 0 aliphatic rings. The van der Waals surface area contributed by atoms with Crippen molar-refractivity contribution in [3.63, 3.8) is 0 Å². The van der Waals surface area contributed by atoms with Crippen LogP contribution in [0.25, 0.3) is 10.9 Å². The zero-order valence-electron chi connectivity index (χ0n) is 6.99. The predicted molar refractivity (Wildman–Crippen MR) is 46.1 cm³/mol. The molecule has 2 aromatic rings. The molecule has 66 valence electrons. The maximum absolute atomic E-state index is 13.1. The zero-order chi connectivity index (χ0) is 9.42. The van der Waals surface area contributed by atoms with Crippen LogP contribution in [0.3, 0.4) is 0 Å². The number of aromatic nitrogens is 2. The molecule has 0 aliphatic carbocycles. The van der Waals surface area contributed by atoms with Gasteiger partial charge in [-0.1, -0.05) is 0 Å². The number of carbonyl (C=O) groups is 1. The van der Waals surface area contributed by atoms with E-state index in [0.29, 0.717) is 22.8 Å². The van der Waals surface area contributed by atoms with Gasteiger partial charge in [0.2, 0.25) is 5.95 Å². The summed E-state index contributed by atoms with van der Waals surface area (Å²) in [6.45, 7) is 0. The third kappa shape index (κ3) is 1.11. The molecule has 0 spiro atoms. The van der Waals surface area contributed by atoms with Crippen LogP contribution >= 0.6 is 0 Å². The van der Waals surface area contributed by atoms with Crippen molar-refractivity contribution in [2.75, 3.05) is 0 Å². The van der Waals surface area contributed by atoms with Crippen molar-refractivity contribution >= 4 is 17.2 Å². The van der Waals surface area contributed by atoms with Crippen LogP contribution in [0.1, 0.15) is 10.4 Å². The minimum absolute atomic E-state index is 0.382. The maximum atomic E-state index is 13.1. The highest BCUT2D eigenvalue weighted by Gasteiger charge is 2.07. The zero-order valence-corrected chi connectivity index (χ0v) is 6.99. The van der Waals surface area contributed by atoms with E-state index in [2.05, 4.69) is 5.10 Å². The molecule has 13 heavy (non-hydrogen) atoms. The first-order valence-electron chi connectivity index (χ1n) is 3.80. The molecule has 1 aromatic carbocycles. The van der Waals surface area contributed by atoms with E-state index in [1.165, 1.54) is 10.7 Å². The van der Waals surface area contributed by atoms with Crippen LogP contribution in [0.4, 0.5) is 4.39 Å². The van der Waals surface area contributed by atoms with E-state index in [1.807, 2.05) is 0 Å². The van der Waals surface area contributed by atoms with Gasteiger partial charge >= 0.3 is 0 Å². The number of rotatable bonds is 1. The Labute approximate surface area is 73.8 Å². The molecule has 0 fully saturated rings. The van der Waals surface area contributed by atoms with E-state index in [9.17, 15) is 9.18 Å². The molecule has 0 amide bonds. The number of hydrogen-bond donors (Lipinski definition) is 0. The predicted octanol–water partition coefficient (Wildman–Crippen LogP) is 1.52. The molecule has 0 N–H and O–H groups in total. The molecule has 0 radical (unpaired) electrons. The topological polar surface area (TPSA) is 34.9 Å². The van der Waals surface area contributed by atoms with Gasteiger partial charge in [0.1, 0.15) is 6.29 Å². The van der Waals surface area contributed by atoms with Crippen LogP contribution in [-0.2, 0) is 7.05 Å². The third-order valence-electron chi connectivity index (χ3n) is 1.97. The summed E-state index contributed by atoms with van der Waals surface area (Å²) < 4.78 is 14.5. The maximum Gasteiger partial charge on any atom is 0.240 e. The van der Waals surface area contributed by atoms with E-state index in [0.717, 1.165) is 0 Å². The molecular formula is C9H7FN2O. The molecule has 4 heteroatoms. The van der Waals surface area contributed by atoms with E-state index in [1.54, 1.807) is 19.2 Å². The number of aryl methyl sites for hydroxylation is 1. The Hall–Kier alpha value is -1.71. The first kappa shape index (κ1) is 7.91. The van der Waals surface area contributed by atoms with Crippen LogP contribution in [0.5, 0.6) is 0 Å². The highest BCUT2D eigenvalue weighted by molar-refractivity contribution is 5.87. The molecule has 0 aliphatic heterocycles. The van der Waals surface area contributed by atoms with Gasteiger partial charge in [0, 0.05) is 12.6 Å². The fourth-order valence-electron chi connectivity index (χ4n) is 1.31. The van der Waals surface area contributed by atoms with Gasteiger partial charge in [-0.05, 0) is 18.2 Å². The molecule has 0 saturated carbocycles. The molecule has 0 unspecified atom stereocenters. The van der Waals surface area contributed by atoms with Gasteiger partial charge in [0.25, 0.3) is 0 Å². The van der Waals surface area contributed by atoms with Crippen LogP contribution < -0.4 is 0 Å². The lowest BCUT2D eigenvalue weighted by Gasteiger charge is -1.93. The summed E-state index contributed by atoms with van der Waals surface area (Å²) in [4.78, 5) is 10.4. The van der Waals surface area contributed by atoms with Crippen molar-refractivity contribution in [2.45, 2.75) is 0 Å². The molecule has 0 bridgehead atoms. The second kappa shape index (κ2) is 2.65. The molecule has 0 saturated heterocycles. The minimum Gasteiger partial charge on any atom is -0.298 e. The second-order valence-electron chi connectivity index (χ2n) is 2.81. The standard InChI is InChI=1S/C9H7FN2O/c1-12-8-3-2-6(5-13)4-7(8)9(10)11-12/h2-5H,1H3. The summed E-state index contributed by atoms with van der Waals surface area (Å²) in [7, 11) is 1.66. The first-order valence-corrected chi connectivity index (χ1v) is 3.80. The van der Waals surface area contributed by atoms with E-state index in [4.69, 9.17) is 0 Å². The van der Waals surface area contributed by atoms with Gasteiger partial charge in [-0.3, -0.25) is 9.48 Å². The smallest absolute Gasteiger partial charge is 0.240 e. The SMILES string of the molecule is Cn1nc(F)c2cc(C=O)ccc21. The van der Waals surface area contributed by atoms with Crippen molar-refractivity contribution in [3.8, 4) is 0 Å². The Kier molecular flexibility index (Phi) is 1.62. The second-order valence-corrected chi connectivity index (χ2v) is 2.81. The highest BCUT2D eigenvalue weighted by Crippen LogP contribution is 2.17. The Morgan fingerprint density at radius 1 is 1.54 bits per heavy atom. The fourth-order valence-corrected chi connectivity index (χ4v) is 1.31. The lowest BCUT2D eigenvalue weighted by molar-refractivity contribution is 0.112. The largest absolute Gasteiger partial charge is 0.298 e. The summed E-state index contributed by atoms with van der Waals surface area (Å²) in [6.07, 6.45) is 0.686. The number of aldehydes is 1. The van der Waals surface area contributed by atoms with Gasteiger partial charge < -0.3 is 0 Å². The van der Waals surface area contributed by atoms with Gasteiger partial charge in [-0.15, -0.1) is 5.10 Å². The number of nitrogens with zero attached hydrogens (tertiary/aromatic N) is 2. The first-order chi connectivity index (χ1) is 6.22. The van der Waals surface area contributed by atoms with Gasteiger partial charge in [-0.2, -0.15) is 4.39 Å². The summed E-state index contributed by atoms with van der Waals surface area (Å²) >= 11 is 0. The summed E-state index contributed by atoms with van der Waals surface area (Å²) in [6, 6.07) is 4.80. The van der Waals surface area contributed by atoms with Crippen LogP contribution in [0.15, 0.2) is 18.2 Å². The van der Waals surface area contributed by atoms with Crippen molar-refractivity contribution in [1.29, 1.82) is 0 Å². The van der Waals surface area contributed by atoms with E-state index < -0.39 is 5.95 Å². The number of hydrogen-bond acceptors (Lipinski definition) is 2. The lowest BCUT2D eigenvalue weighted by Crippen LogP contribution is -1.89. The van der Waals surface area contributed by atoms with Crippen LogP contribution in [0.2, 0.25) is 0 Å². The van der Waals surface area contributed by atoms with Gasteiger partial charge in [0.05, 0.1) is 10.9 Å². The number of benzene rings is 1. The Morgan fingerprint density at radius 3 is 3.00 bits per heavy atom. The molecule has 3 nitrogen and oxygen atoms in total. The highest BCUT2D eigenvalue weighted by atomic mass is 19.1. The monoisotopic (exact) mass is 178 g/mol.